The van der Waals surface area contributed by atoms with E-state index in [0.717, 1.165) is 16.7 Å². The van der Waals surface area contributed by atoms with E-state index in [2.05, 4.69) is 0 Å². The maximum atomic E-state index is 11.5. The van der Waals surface area contributed by atoms with Crippen LogP contribution < -0.4 is 11.2 Å². The fourth-order valence-corrected chi connectivity index (χ4v) is 2.89. The topological polar surface area (TPSA) is 92.4 Å². The van der Waals surface area contributed by atoms with Crippen molar-refractivity contribution in [3.63, 3.8) is 0 Å². The van der Waals surface area contributed by atoms with E-state index in [4.69, 9.17) is 34.1 Å². The molecule has 0 aliphatic carbocycles. The summed E-state index contributed by atoms with van der Waals surface area (Å²) in [5, 5.41) is 9.67. The van der Waals surface area contributed by atoms with Crippen LogP contribution in [0.5, 0.6) is 0 Å². The van der Waals surface area contributed by atoms with Crippen molar-refractivity contribution in [2.75, 3.05) is 0 Å². The lowest BCUT2D eigenvalue weighted by molar-refractivity contribution is -0.133. The summed E-state index contributed by atoms with van der Waals surface area (Å²) in [5.74, 6) is -1.94. The second kappa shape index (κ2) is 8.15. The summed E-state index contributed by atoms with van der Waals surface area (Å²) in [6.45, 7) is 0. The first-order valence-electron chi connectivity index (χ1n) is 7.17. The SMILES string of the molecule is NC(=O)[C@@H](CC(=O)NO)Cc1ccc(-c2ccc(Cl)cc2Cl)cc1. The Balaban J connectivity index is 2.16. The molecule has 126 valence electrons. The summed E-state index contributed by atoms with van der Waals surface area (Å²) >= 11 is 12.1. The standard InChI is InChI=1S/C17H16Cl2N2O3/c18-13-5-6-14(15(19)9-13)11-3-1-10(2-4-11)7-12(17(20)23)8-16(22)21-24/h1-6,9,12,24H,7-8H2,(H2,20,23)(H,21,22)/t12-/m1/s1. The molecule has 2 aromatic carbocycles. The molecule has 7 heteroatoms. The molecule has 2 rings (SSSR count). The quantitative estimate of drug-likeness (QED) is 0.541. The second-order valence-corrected chi connectivity index (χ2v) is 6.21. The molecule has 1 atom stereocenters. The molecule has 0 aliphatic heterocycles. The number of amides is 2. The molecule has 0 heterocycles. The van der Waals surface area contributed by atoms with E-state index in [1.807, 2.05) is 30.3 Å². The van der Waals surface area contributed by atoms with Crippen LogP contribution in [-0.2, 0) is 16.0 Å². The van der Waals surface area contributed by atoms with Crippen molar-refractivity contribution < 1.29 is 14.8 Å². The summed E-state index contributed by atoms with van der Waals surface area (Å²) < 4.78 is 0. The van der Waals surface area contributed by atoms with Crippen molar-refractivity contribution in [1.29, 1.82) is 0 Å². The average molecular weight is 367 g/mol. The van der Waals surface area contributed by atoms with Gasteiger partial charge in [0.05, 0.1) is 5.92 Å². The lowest BCUT2D eigenvalue weighted by atomic mass is 9.94. The zero-order chi connectivity index (χ0) is 17.7. The Morgan fingerprint density at radius 3 is 2.33 bits per heavy atom. The molecule has 24 heavy (non-hydrogen) atoms. The first-order chi connectivity index (χ1) is 11.4. The van der Waals surface area contributed by atoms with Gasteiger partial charge < -0.3 is 5.73 Å². The van der Waals surface area contributed by atoms with Gasteiger partial charge in [0.25, 0.3) is 0 Å². The molecule has 4 N–H and O–H groups in total. The minimum atomic E-state index is -0.692. The Morgan fingerprint density at radius 2 is 1.79 bits per heavy atom. The van der Waals surface area contributed by atoms with Crippen LogP contribution in [0.1, 0.15) is 12.0 Å². The predicted octanol–water partition coefficient (Wildman–Crippen LogP) is 3.20. The number of hydroxylamine groups is 1. The van der Waals surface area contributed by atoms with Crippen LogP contribution in [0.25, 0.3) is 11.1 Å². The minimum Gasteiger partial charge on any atom is -0.369 e. The molecule has 0 fully saturated rings. The maximum absolute atomic E-state index is 11.5. The first-order valence-corrected chi connectivity index (χ1v) is 7.93. The molecule has 2 aromatic rings. The van der Waals surface area contributed by atoms with E-state index in [1.165, 1.54) is 5.48 Å². The van der Waals surface area contributed by atoms with Crippen LogP contribution >= 0.6 is 23.2 Å². The number of benzene rings is 2. The lowest BCUT2D eigenvalue weighted by Gasteiger charge is -2.13. The van der Waals surface area contributed by atoms with Crippen LogP contribution in [0.3, 0.4) is 0 Å². The van der Waals surface area contributed by atoms with Gasteiger partial charge in [0.2, 0.25) is 11.8 Å². The highest BCUT2D eigenvalue weighted by molar-refractivity contribution is 6.36. The molecule has 0 saturated carbocycles. The summed E-state index contributed by atoms with van der Waals surface area (Å²) in [6.07, 6.45) is 0.133. The molecule has 5 nitrogen and oxygen atoms in total. The summed E-state index contributed by atoms with van der Waals surface area (Å²) in [7, 11) is 0. The van der Waals surface area contributed by atoms with Gasteiger partial charge in [0.15, 0.2) is 0 Å². The lowest BCUT2D eigenvalue weighted by Crippen LogP contribution is -2.31. The van der Waals surface area contributed by atoms with Crippen molar-refractivity contribution in [3.05, 3.63) is 58.1 Å². The van der Waals surface area contributed by atoms with Crippen molar-refractivity contribution in [1.82, 2.24) is 5.48 Å². The Hall–Kier alpha value is -2.08. The van der Waals surface area contributed by atoms with Crippen molar-refractivity contribution in [2.45, 2.75) is 12.8 Å². The van der Waals surface area contributed by atoms with Gasteiger partial charge in [0, 0.05) is 22.0 Å². The van der Waals surface area contributed by atoms with Crippen LogP contribution in [-0.4, -0.2) is 17.0 Å². The van der Waals surface area contributed by atoms with Crippen LogP contribution in [0.2, 0.25) is 10.0 Å². The minimum absolute atomic E-state index is 0.170. The summed E-state index contributed by atoms with van der Waals surface area (Å²) in [5.41, 5.74) is 9.42. The molecule has 0 saturated heterocycles. The third-order valence-corrected chi connectivity index (χ3v) is 4.18. The monoisotopic (exact) mass is 366 g/mol. The second-order valence-electron chi connectivity index (χ2n) is 5.36. The fraction of sp³-hybridized carbons (Fsp3) is 0.176. The Labute approximate surface area is 149 Å². The highest BCUT2D eigenvalue weighted by atomic mass is 35.5. The van der Waals surface area contributed by atoms with Gasteiger partial charge in [-0.3, -0.25) is 14.8 Å². The largest absolute Gasteiger partial charge is 0.369 e. The zero-order valence-corrected chi connectivity index (χ0v) is 14.1. The molecule has 0 radical (unpaired) electrons. The van der Waals surface area contributed by atoms with Gasteiger partial charge in [-0.25, -0.2) is 5.48 Å². The third kappa shape index (κ3) is 4.71. The number of halogens is 2. The molecule has 0 unspecified atom stereocenters. The number of primary amides is 1. The molecule has 0 spiro atoms. The first kappa shape index (κ1) is 18.3. The number of hydrogen-bond donors (Lipinski definition) is 3. The molecular formula is C17H16Cl2N2O3. The molecule has 0 bridgehead atoms. The fourth-order valence-electron chi connectivity index (χ4n) is 2.37. The van der Waals surface area contributed by atoms with E-state index >= 15 is 0 Å². The van der Waals surface area contributed by atoms with Crippen molar-refractivity contribution in [2.24, 2.45) is 11.7 Å². The van der Waals surface area contributed by atoms with Gasteiger partial charge in [0.1, 0.15) is 0 Å². The Morgan fingerprint density at radius 1 is 1.12 bits per heavy atom. The van der Waals surface area contributed by atoms with Crippen LogP contribution in [0.4, 0.5) is 0 Å². The normalized spacial score (nSPS) is 11.8. The molecule has 0 aromatic heterocycles. The van der Waals surface area contributed by atoms with Gasteiger partial charge in [-0.15, -0.1) is 0 Å². The van der Waals surface area contributed by atoms with Crippen molar-refractivity contribution in [3.8, 4) is 11.1 Å². The van der Waals surface area contributed by atoms with Gasteiger partial charge in [-0.2, -0.15) is 0 Å². The number of carbonyl (C=O) groups excluding carboxylic acids is 2. The van der Waals surface area contributed by atoms with E-state index in [1.54, 1.807) is 12.1 Å². The summed E-state index contributed by atoms with van der Waals surface area (Å²) in [6, 6.07) is 12.7. The number of carbonyl (C=O) groups is 2. The third-order valence-electron chi connectivity index (χ3n) is 3.64. The highest BCUT2D eigenvalue weighted by Gasteiger charge is 2.19. The average Bonchev–Trinajstić information content (AvgIpc) is 2.55. The van der Waals surface area contributed by atoms with E-state index in [0.29, 0.717) is 16.5 Å². The molecule has 0 aliphatic rings. The smallest absolute Gasteiger partial charge is 0.244 e. The number of nitrogens with one attached hydrogen (secondary N) is 1. The van der Waals surface area contributed by atoms with Crippen LogP contribution in [0, 0.1) is 5.92 Å². The molecular weight excluding hydrogens is 351 g/mol. The number of hydrogen-bond acceptors (Lipinski definition) is 3. The van der Waals surface area contributed by atoms with E-state index in [-0.39, 0.29) is 6.42 Å². The van der Waals surface area contributed by atoms with Crippen LogP contribution in [0.15, 0.2) is 42.5 Å². The number of nitrogens with two attached hydrogens (primary N) is 1. The zero-order valence-electron chi connectivity index (χ0n) is 12.6. The van der Waals surface area contributed by atoms with Gasteiger partial charge >= 0.3 is 0 Å². The molecule has 2 amide bonds. The predicted molar refractivity (Wildman–Crippen MR) is 92.8 cm³/mol. The van der Waals surface area contributed by atoms with Gasteiger partial charge in [-0.1, -0.05) is 53.5 Å². The Kier molecular flexibility index (Phi) is 6.20. The van der Waals surface area contributed by atoms with E-state index < -0.39 is 17.7 Å². The van der Waals surface area contributed by atoms with E-state index in [9.17, 15) is 9.59 Å². The Bertz CT molecular complexity index is 748. The van der Waals surface area contributed by atoms with Crippen molar-refractivity contribution >= 4 is 35.0 Å². The number of rotatable bonds is 6. The maximum Gasteiger partial charge on any atom is 0.244 e. The highest BCUT2D eigenvalue weighted by Crippen LogP contribution is 2.30. The van der Waals surface area contributed by atoms with Gasteiger partial charge in [-0.05, 0) is 29.7 Å². The summed E-state index contributed by atoms with van der Waals surface area (Å²) in [4.78, 5) is 22.7.